The van der Waals surface area contributed by atoms with Gasteiger partial charge >= 0.3 is 5.97 Å². The molecule has 10 heteroatoms. The van der Waals surface area contributed by atoms with Gasteiger partial charge in [0.05, 0.1) is 6.61 Å². The number of aliphatic hydroxyl groups is 1. The normalized spacial score (nSPS) is 20.2. The van der Waals surface area contributed by atoms with E-state index in [-0.39, 0.29) is 11.4 Å². The maximum Gasteiger partial charge on any atom is 0.355 e. The van der Waals surface area contributed by atoms with E-state index < -0.39 is 54.2 Å². The summed E-state index contributed by atoms with van der Waals surface area (Å²) in [6.45, 7) is -0.951. The van der Waals surface area contributed by atoms with Gasteiger partial charge < -0.3 is 20.9 Å². The molecule has 1 unspecified atom stereocenters. The molecular weight excluding hydrogens is 458 g/mol. The Bertz CT molecular complexity index is 1140. The summed E-state index contributed by atoms with van der Waals surface area (Å²) in [5, 5.41) is 11.8. The summed E-state index contributed by atoms with van der Waals surface area (Å²) in [5.41, 5.74) is 7.25. The zero-order chi connectivity index (χ0) is 24.2. The average Bonchev–Trinajstić information content (AvgIpc) is 2.89. The first kappa shape index (κ1) is 23.7. The summed E-state index contributed by atoms with van der Waals surface area (Å²) >= 11 is 1.31. The van der Waals surface area contributed by atoms with E-state index in [9.17, 15) is 24.3 Å². The van der Waals surface area contributed by atoms with Crippen LogP contribution in [0, 0.1) is 0 Å². The van der Waals surface area contributed by atoms with Crippen LogP contribution in [0.15, 0.2) is 71.9 Å². The second kappa shape index (κ2) is 10.2. The van der Waals surface area contributed by atoms with E-state index in [0.717, 1.165) is 0 Å². The SMILES string of the molecule is NC(C(=O)N[C@H]1C(=O)N2C(C(=O)OCC(=O)c3ccccc3)=C(CO)CS[C@H]12)c1ccccc1. The van der Waals surface area contributed by atoms with E-state index in [1.165, 1.54) is 16.7 Å². The minimum absolute atomic E-state index is 0.0880. The van der Waals surface area contributed by atoms with Crippen LogP contribution in [0.25, 0.3) is 0 Å². The molecule has 1 saturated heterocycles. The van der Waals surface area contributed by atoms with Crippen LogP contribution in [0.2, 0.25) is 0 Å². The number of hydrogen-bond donors (Lipinski definition) is 3. The van der Waals surface area contributed by atoms with Gasteiger partial charge in [-0.25, -0.2) is 4.79 Å². The van der Waals surface area contributed by atoms with Crippen LogP contribution in [0.5, 0.6) is 0 Å². The molecule has 4 rings (SSSR count). The molecule has 1 fully saturated rings. The first-order valence-corrected chi connectivity index (χ1v) is 11.6. The summed E-state index contributed by atoms with van der Waals surface area (Å²) in [4.78, 5) is 51.8. The van der Waals surface area contributed by atoms with E-state index in [1.54, 1.807) is 60.7 Å². The smallest absolute Gasteiger partial charge is 0.355 e. The van der Waals surface area contributed by atoms with Gasteiger partial charge in [0.15, 0.2) is 12.4 Å². The van der Waals surface area contributed by atoms with E-state index in [0.29, 0.717) is 16.7 Å². The average molecular weight is 482 g/mol. The third kappa shape index (κ3) is 4.60. The number of amides is 2. The highest BCUT2D eigenvalue weighted by atomic mass is 32.2. The van der Waals surface area contributed by atoms with Gasteiger partial charge in [-0.1, -0.05) is 60.7 Å². The molecule has 2 aliphatic heterocycles. The van der Waals surface area contributed by atoms with Crippen LogP contribution in [0.3, 0.4) is 0 Å². The Kier molecular flexibility index (Phi) is 7.11. The number of carbonyl (C=O) groups excluding carboxylic acids is 4. The number of hydrogen-bond acceptors (Lipinski definition) is 8. The molecule has 2 aromatic carbocycles. The predicted molar refractivity (Wildman–Crippen MR) is 124 cm³/mol. The summed E-state index contributed by atoms with van der Waals surface area (Å²) in [6.07, 6.45) is 0. The maximum atomic E-state index is 12.9. The summed E-state index contributed by atoms with van der Waals surface area (Å²) < 4.78 is 5.18. The van der Waals surface area contributed by atoms with Crippen molar-refractivity contribution in [1.29, 1.82) is 0 Å². The number of ketones is 1. The highest BCUT2D eigenvalue weighted by Crippen LogP contribution is 2.40. The van der Waals surface area contributed by atoms with Crippen molar-refractivity contribution >= 4 is 35.3 Å². The zero-order valence-electron chi connectivity index (χ0n) is 18.0. The van der Waals surface area contributed by atoms with Crippen LogP contribution in [-0.4, -0.2) is 64.0 Å². The van der Waals surface area contributed by atoms with Gasteiger partial charge in [-0.3, -0.25) is 19.3 Å². The zero-order valence-corrected chi connectivity index (χ0v) is 18.9. The minimum atomic E-state index is -0.950. The third-order valence-corrected chi connectivity index (χ3v) is 6.94. The molecule has 0 saturated carbocycles. The number of rotatable bonds is 8. The van der Waals surface area contributed by atoms with Crippen molar-refractivity contribution in [3.05, 3.63) is 83.1 Å². The number of carbonyl (C=O) groups is 4. The number of β-lactam (4-membered cyclic amide) rings is 1. The quantitative estimate of drug-likeness (QED) is 0.285. The van der Waals surface area contributed by atoms with Gasteiger partial charge in [-0.2, -0.15) is 0 Å². The van der Waals surface area contributed by atoms with Gasteiger partial charge in [0.25, 0.3) is 5.91 Å². The minimum Gasteiger partial charge on any atom is -0.453 e. The van der Waals surface area contributed by atoms with Crippen molar-refractivity contribution in [2.24, 2.45) is 5.73 Å². The Morgan fingerprint density at radius 1 is 1.12 bits per heavy atom. The Balaban J connectivity index is 1.43. The van der Waals surface area contributed by atoms with E-state index >= 15 is 0 Å². The monoisotopic (exact) mass is 481 g/mol. The van der Waals surface area contributed by atoms with Crippen molar-refractivity contribution < 1.29 is 29.0 Å². The summed E-state index contributed by atoms with van der Waals surface area (Å²) in [7, 11) is 0. The highest BCUT2D eigenvalue weighted by molar-refractivity contribution is 8.00. The molecule has 4 N–H and O–H groups in total. The molecule has 2 aromatic rings. The van der Waals surface area contributed by atoms with Gasteiger partial charge in [0.1, 0.15) is 23.2 Å². The standard InChI is InChI=1S/C24H23N3O6S/c25-18(15-9-5-2-6-10-15)21(30)26-19-22(31)27-20(16(11-28)13-34-23(19)27)24(32)33-12-17(29)14-7-3-1-4-8-14/h1-10,18-19,23,28H,11-13,25H2,(H,26,30)/t18?,19-,23+/m0/s1. The van der Waals surface area contributed by atoms with Crippen molar-refractivity contribution in [3.63, 3.8) is 0 Å². The first-order chi connectivity index (χ1) is 16.4. The molecule has 0 aliphatic carbocycles. The lowest BCUT2D eigenvalue weighted by Crippen LogP contribution is -2.71. The number of nitrogens with one attached hydrogen (secondary N) is 1. The highest BCUT2D eigenvalue weighted by Gasteiger charge is 2.54. The molecule has 2 aliphatic rings. The number of ether oxygens (including phenoxy) is 1. The second-order valence-corrected chi connectivity index (χ2v) is 8.87. The van der Waals surface area contributed by atoms with E-state index in [4.69, 9.17) is 10.5 Å². The summed E-state index contributed by atoms with van der Waals surface area (Å²) in [6, 6.07) is 15.3. The number of nitrogens with two attached hydrogens (primary N) is 1. The lowest BCUT2D eigenvalue weighted by molar-refractivity contribution is -0.152. The van der Waals surface area contributed by atoms with E-state index in [2.05, 4.69) is 5.32 Å². The summed E-state index contributed by atoms with van der Waals surface area (Å²) in [5.74, 6) is -2.04. The second-order valence-electron chi connectivity index (χ2n) is 7.76. The van der Waals surface area contributed by atoms with Crippen LogP contribution in [-0.2, 0) is 19.1 Å². The number of Topliss-reactive ketones (excluding diaryl/α,β-unsaturated/α-hetero) is 1. The number of fused-ring (bicyclic) bond motifs is 1. The van der Waals surface area contributed by atoms with Crippen molar-refractivity contribution in [1.82, 2.24) is 10.2 Å². The molecule has 0 bridgehead atoms. The number of nitrogens with zero attached hydrogens (tertiary/aromatic N) is 1. The molecule has 9 nitrogen and oxygen atoms in total. The van der Waals surface area contributed by atoms with Crippen molar-refractivity contribution in [3.8, 4) is 0 Å². The molecule has 34 heavy (non-hydrogen) atoms. The number of thioether (sulfide) groups is 1. The van der Waals surface area contributed by atoms with Crippen molar-refractivity contribution in [2.75, 3.05) is 19.0 Å². The lowest BCUT2D eigenvalue weighted by atomic mass is 10.0. The number of esters is 1. The third-order valence-electron chi connectivity index (χ3n) is 5.60. The van der Waals surface area contributed by atoms with Gasteiger partial charge in [0.2, 0.25) is 5.91 Å². The van der Waals surface area contributed by atoms with Crippen LogP contribution < -0.4 is 11.1 Å². The largest absolute Gasteiger partial charge is 0.453 e. The molecule has 2 amide bonds. The Morgan fingerprint density at radius 2 is 1.76 bits per heavy atom. The fourth-order valence-electron chi connectivity index (χ4n) is 3.75. The predicted octanol–water partition coefficient (Wildman–Crippen LogP) is 0.759. The fourth-order valence-corrected chi connectivity index (χ4v) is 5.09. The molecule has 0 radical (unpaired) electrons. The maximum absolute atomic E-state index is 12.9. The van der Waals surface area contributed by atoms with Gasteiger partial charge in [0, 0.05) is 11.3 Å². The van der Waals surface area contributed by atoms with E-state index in [1.807, 2.05) is 0 Å². The Morgan fingerprint density at radius 3 is 2.41 bits per heavy atom. The molecular formula is C24H23N3O6S. The van der Waals surface area contributed by atoms with Crippen LogP contribution in [0.4, 0.5) is 0 Å². The molecule has 176 valence electrons. The molecule has 0 aromatic heterocycles. The lowest BCUT2D eigenvalue weighted by Gasteiger charge is -2.49. The fraction of sp³-hybridized carbons (Fsp3) is 0.250. The Labute approximate surface area is 199 Å². The van der Waals surface area contributed by atoms with Crippen LogP contribution in [0.1, 0.15) is 22.0 Å². The van der Waals surface area contributed by atoms with Gasteiger partial charge in [-0.15, -0.1) is 11.8 Å². The molecule has 3 atom stereocenters. The van der Waals surface area contributed by atoms with Crippen molar-refractivity contribution in [2.45, 2.75) is 17.5 Å². The van der Waals surface area contributed by atoms with Crippen LogP contribution >= 0.6 is 11.8 Å². The molecule has 0 spiro atoms. The number of benzene rings is 2. The number of aliphatic hydroxyl groups excluding tert-OH is 1. The Hall–Kier alpha value is -3.47. The van der Waals surface area contributed by atoms with Gasteiger partial charge in [-0.05, 0) is 11.1 Å². The topological polar surface area (TPSA) is 139 Å². The first-order valence-electron chi connectivity index (χ1n) is 10.6. The molecule has 2 heterocycles.